The van der Waals surface area contributed by atoms with Crippen molar-refractivity contribution in [3.63, 3.8) is 0 Å². The van der Waals surface area contributed by atoms with E-state index in [0.29, 0.717) is 0 Å². The Morgan fingerprint density at radius 2 is 1.60 bits per heavy atom. The topological polar surface area (TPSA) is 26.0 Å². The number of hydrogen-bond acceptors (Lipinski definition) is 1. The molecule has 0 amide bonds. The van der Waals surface area contributed by atoms with Gasteiger partial charge in [0.1, 0.15) is 5.82 Å². The summed E-state index contributed by atoms with van der Waals surface area (Å²) in [6.07, 6.45) is -2.79. The van der Waals surface area contributed by atoms with E-state index in [4.69, 9.17) is 5.73 Å². The average molecular weight is 219 g/mol. The number of rotatable bonds is 2. The van der Waals surface area contributed by atoms with E-state index >= 15 is 0 Å². The molecular formula is C11H16F3N. The maximum absolute atomic E-state index is 13.2. The van der Waals surface area contributed by atoms with Crippen molar-refractivity contribution in [3.05, 3.63) is 35.1 Å². The van der Waals surface area contributed by atoms with Gasteiger partial charge in [0.25, 0.3) is 6.43 Å². The zero-order chi connectivity index (χ0) is 12.0. The minimum absolute atomic E-state index is 0.123. The molecule has 86 valence electrons. The first-order valence-corrected chi connectivity index (χ1v) is 4.86. The van der Waals surface area contributed by atoms with Gasteiger partial charge < -0.3 is 5.73 Å². The molecule has 0 aromatic heterocycles. The fourth-order valence-corrected chi connectivity index (χ4v) is 1.09. The van der Waals surface area contributed by atoms with E-state index < -0.39 is 23.8 Å². The monoisotopic (exact) mass is 219 g/mol. The highest BCUT2D eigenvalue weighted by atomic mass is 19.3. The number of hydrogen-bond donors (Lipinski definition) is 1. The van der Waals surface area contributed by atoms with Gasteiger partial charge in [-0.25, -0.2) is 13.2 Å². The summed E-state index contributed by atoms with van der Waals surface area (Å²) in [6, 6.07) is 3.28. The molecular weight excluding hydrogens is 203 g/mol. The van der Waals surface area contributed by atoms with Gasteiger partial charge in [0.05, 0.1) is 5.56 Å². The molecule has 0 fully saturated rings. The highest BCUT2D eigenvalue weighted by Crippen LogP contribution is 2.26. The summed E-state index contributed by atoms with van der Waals surface area (Å²) in [7, 11) is 0. The molecule has 0 saturated heterocycles. The molecule has 1 atom stereocenters. The summed E-state index contributed by atoms with van der Waals surface area (Å²) in [4.78, 5) is 0. The first kappa shape index (κ1) is 14.0. The summed E-state index contributed by atoms with van der Waals surface area (Å²) in [5.74, 6) is -0.896. The van der Waals surface area contributed by atoms with E-state index in [0.717, 1.165) is 6.07 Å². The van der Waals surface area contributed by atoms with Crippen LogP contribution >= 0.6 is 0 Å². The summed E-state index contributed by atoms with van der Waals surface area (Å²) in [6.45, 7) is 5.55. The van der Waals surface area contributed by atoms with Crippen LogP contribution < -0.4 is 5.73 Å². The van der Waals surface area contributed by atoms with E-state index in [1.54, 1.807) is 6.92 Å². The standard InChI is InChI=1S/C9H10F3N.C2H6/c1-5(13)6-3-2-4-7(8(6)10)9(11)12;1-2/h2-5,9H,13H2,1H3;1-2H3/t5-;/m1./s1. The Hall–Kier alpha value is -1.03. The molecule has 0 aliphatic rings. The maximum Gasteiger partial charge on any atom is 0.266 e. The van der Waals surface area contributed by atoms with Gasteiger partial charge in [-0.2, -0.15) is 0 Å². The Bertz CT molecular complexity index is 272. The predicted octanol–water partition coefficient (Wildman–Crippen LogP) is 3.81. The molecule has 0 spiro atoms. The number of alkyl halides is 2. The Labute approximate surface area is 88.1 Å². The largest absolute Gasteiger partial charge is 0.324 e. The van der Waals surface area contributed by atoms with Crippen molar-refractivity contribution in [2.75, 3.05) is 0 Å². The fraction of sp³-hybridized carbons (Fsp3) is 0.455. The lowest BCUT2D eigenvalue weighted by Crippen LogP contribution is -2.09. The second-order valence-electron chi connectivity index (χ2n) is 2.84. The first-order valence-electron chi connectivity index (χ1n) is 4.86. The Morgan fingerprint density at radius 1 is 1.13 bits per heavy atom. The van der Waals surface area contributed by atoms with Crippen molar-refractivity contribution >= 4 is 0 Å². The Morgan fingerprint density at radius 3 is 2.00 bits per heavy atom. The lowest BCUT2D eigenvalue weighted by atomic mass is 10.0. The van der Waals surface area contributed by atoms with Gasteiger partial charge >= 0.3 is 0 Å². The molecule has 0 saturated carbocycles. The number of benzene rings is 1. The van der Waals surface area contributed by atoms with Crippen LogP contribution in [0.3, 0.4) is 0 Å². The normalized spacial score (nSPS) is 12.0. The molecule has 2 N–H and O–H groups in total. The van der Waals surface area contributed by atoms with Gasteiger partial charge in [0.15, 0.2) is 0 Å². The van der Waals surface area contributed by atoms with Crippen LogP contribution in [-0.2, 0) is 0 Å². The van der Waals surface area contributed by atoms with Crippen LogP contribution in [0.1, 0.15) is 44.4 Å². The van der Waals surface area contributed by atoms with E-state index in [2.05, 4.69) is 0 Å². The summed E-state index contributed by atoms with van der Waals surface area (Å²) >= 11 is 0. The molecule has 0 aliphatic heterocycles. The van der Waals surface area contributed by atoms with Crippen molar-refractivity contribution < 1.29 is 13.2 Å². The van der Waals surface area contributed by atoms with E-state index in [1.807, 2.05) is 13.8 Å². The average Bonchev–Trinajstić information content (AvgIpc) is 2.20. The van der Waals surface area contributed by atoms with Gasteiger partial charge in [0.2, 0.25) is 0 Å². The molecule has 0 heterocycles. The summed E-state index contributed by atoms with van der Waals surface area (Å²) in [5, 5.41) is 0. The third-order valence-electron chi connectivity index (χ3n) is 1.78. The summed E-state index contributed by atoms with van der Waals surface area (Å²) in [5.41, 5.74) is 4.93. The third kappa shape index (κ3) is 3.55. The quantitative estimate of drug-likeness (QED) is 0.804. The third-order valence-corrected chi connectivity index (χ3v) is 1.78. The molecule has 1 rings (SSSR count). The molecule has 0 bridgehead atoms. The first-order chi connectivity index (χ1) is 7.04. The van der Waals surface area contributed by atoms with Gasteiger partial charge in [-0.1, -0.05) is 32.0 Å². The maximum atomic E-state index is 13.2. The minimum Gasteiger partial charge on any atom is -0.324 e. The summed E-state index contributed by atoms with van der Waals surface area (Å²) < 4.78 is 37.6. The molecule has 1 aromatic carbocycles. The molecule has 1 aromatic rings. The van der Waals surface area contributed by atoms with Crippen molar-refractivity contribution in [1.29, 1.82) is 0 Å². The second-order valence-corrected chi connectivity index (χ2v) is 2.84. The second kappa shape index (κ2) is 6.45. The van der Waals surface area contributed by atoms with Gasteiger partial charge in [-0.3, -0.25) is 0 Å². The van der Waals surface area contributed by atoms with Crippen LogP contribution in [0.2, 0.25) is 0 Å². The number of halogens is 3. The molecule has 4 heteroatoms. The number of nitrogens with two attached hydrogens (primary N) is 1. The van der Waals surface area contributed by atoms with Crippen molar-refractivity contribution in [1.82, 2.24) is 0 Å². The molecule has 1 nitrogen and oxygen atoms in total. The van der Waals surface area contributed by atoms with Crippen LogP contribution in [0.15, 0.2) is 18.2 Å². The van der Waals surface area contributed by atoms with E-state index in [-0.39, 0.29) is 5.56 Å². The highest BCUT2D eigenvalue weighted by molar-refractivity contribution is 5.28. The minimum atomic E-state index is -2.79. The van der Waals surface area contributed by atoms with E-state index in [1.165, 1.54) is 12.1 Å². The predicted molar refractivity (Wildman–Crippen MR) is 55.3 cm³/mol. The highest BCUT2D eigenvalue weighted by Gasteiger charge is 2.17. The lowest BCUT2D eigenvalue weighted by molar-refractivity contribution is 0.146. The SMILES string of the molecule is CC.C[C@@H](N)c1cccc(C(F)F)c1F. The fourth-order valence-electron chi connectivity index (χ4n) is 1.09. The van der Waals surface area contributed by atoms with Crippen LogP contribution in [0.5, 0.6) is 0 Å². The Balaban J connectivity index is 0.000000921. The van der Waals surface area contributed by atoms with Crippen LogP contribution in [-0.4, -0.2) is 0 Å². The van der Waals surface area contributed by atoms with Crippen LogP contribution in [0, 0.1) is 5.82 Å². The van der Waals surface area contributed by atoms with E-state index in [9.17, 15) is 13.2 Å². The van der Waals surface area contributed by atoms with Gasteiger partial charge in [0, 0.05) is 11.6 Å². The van der Waals surface area contributed by atoms with Crippen LogP contribution in [0.25, 0.3) is 0 Å². The zero-order valence-corrected chi connectivity index (χ0v) is 9.10. The van der Waals surface area contributed by atoms with Gasteiger partial charge in [-0.05, 0) is 6.92 Å². The Kier molecular flexibility index (Phi) is 6.01. The lowest BCUT2D eigenvalue weighted by Gasteiger charge is -2.09. The van der Waals surface area contributed by atoms with Gasteiger partial charge in [-0.15, -0.1) is 0 Å². The molecule has 15 heavy (non-hydrogen) atoms. The zero-order valence-electron chi connectivity index (χ0n) is 9.10. The van der Waals surface area contributed by atoms with Crippen molar-refractivity contribution in [3.8, 4) is 0 Å². The molecule has 0 aliphatic carbocycles. The van der Waals surface area contributed by atoms with Crippen LogP contribution in [0.4, 0.5) is 13.2 Å². The van der Waals surface area contributed by atoms with Crippen molar-refractivity contribution in [2.24, 2.45) is 5.73 Å². The molecule has 0 radical (unpaired) electrons. The molecule has 0 unspecified atom stereocenters. The smallest absolute Gasteiger partial charge is 0.266 e. The van der Waals surface area contributed by atoms with Crippen molar-refractivity contribution in [2.45, 2.75) is 33.2 Å².